The third-order valence-corrected chi connectivity index (χ3v) is 3.53. The van der Waals surface area contributed by atoms with Crippen LogP contribution in [0.5, 0.6) is 0 Å². The number of rotatable bonds is 3. The highest BCUT2D eigenvalue weighted by Gasteiger charge is 2.36. The molecular formula is C14H20Cl2F4N2. The zero-order valence-electron chi connectivity index (χ0n) is 12.1. The molecule has 1 heterocycles. The van der Waals surface area contributed by atoms with E-state index in [0.717, 1.165) is 0 Å². The van der Waals surface area contributed by atoms with Gasteiger partial charge >= 0.3 is 6.18 Å². The lowest BCUT2D eigenvalue weighted by molar-refractivity contribution is -0.149. The second kappa shape index (κ2) is 8.91. The van der Waals surface area contributed by atoms with Gasteiger partial charge in [-0.25, -0.2) is 4.39 Å². The smallest absolute Gasteiger partial charge is 0.314 e. The van der Waals surface area contributed by atoms with Gasteiger partial charge in [-0.15, -0.1) is 24.8 Å². The van der Waals surface area contributed by atoms with E-state index in [4.69, 9.17) is 0 Å². The van der Waals surface area contributed by atoms with E-state index >= 15 is 0 Å². The number of aryl methyl sites for hydroxylation is 1. The van der Waals surface area contributed by atoms with Gasteiger partial charge in [-0.2, -0.15) is 13.2 Å². The molecule has 128 valence electrons. The van der Waals surface area contributed by atoms with Crippen LogP contribution in [0.1, 0.15) is 23.6 Å². The number of nitrogens with one attached hydrogen (secondary N) is 1. The molecule has 2 nitrogen and oxygen atoms in total. The molecule has 0 aliphatic carbocycles. The van der Waals surface area contributed by atoms with Crippen LogP contribution in [0.2, 0.25) is 0 Å². The van der Waals surface area contributed by atoms with Crippen molar-refractivity contribution >= 4 is 24.8 Å². The second-order valence-corrected chi connectivity index (χ2v) is 5.15. The monoisotopic (exact) mass is 362 g/mol. The van der Waals surface area contributed by atoms with Crippen LogP contribution in [0, 0.1) is 12.7 Å². The number of halogens is 6. The van der Waals surface area contributed by atoms with Crippen LogP contribution in [0.4, 0.5) is 17.6 Å². The summed E-state index contributed by atoms with van der Waals surface area (Å²) in [5, 5.41) is 3.09. The Morgan fingerprint density at radius 1 is 1.18 bits per heavy atom. The van der Waals surface area contributed by atoms with E-state index in [1.54, 1.807) is 17.9 Å². The van der Waals surface area contributed by atoms with Crippen molar-refractivity contribution < 1.29 is 17.6 Å². The fraction of sp³-hybridized carbons (Fsp3) is 0.571. The van der Waals surface area contributed by atoms with Gasteiger partial charge in [0.05, 0.1) is 6.42 Å². The fourth-order valence-corrected chi connectivity index (χ4v) is 2.55. The highest BCUT2D eigenvalue weighted by molar-refractivity contribution is 5.85. The Morgan fingerprint density at radius 2 is 1.77 bits per heavy atom. The molecule has 1 saturated heterocycles. The Balaban J connectivity index is 0.00000220. The van der Waals surface area contributed by atoms with E-state index in [0.29, 0.717) is 31.7 Å². The molecule has 2 rings (SSSR count). The maximum absolute atomic E-state index is 14.0. The minimum atomic E-state index is -4.31. The highest BCUT2D eigenvalue weighted by atomic mass is 35.5. The van der Waals surface area contributed by atoms with Crippen LogP contribution >= 0.6 is 24.8 Å². The van der Waals surface area contributed by atoms with Crippen LogP contribution in [0.25, 0.3) is 0 Å². The molecule has 0 bridgehead atoms. The topological polar surface area (TPSA) is 15.3 Å². The van der Waals surface area contributed by atoms with Gasteiger partial charge in [-0.05, 0) is 18.6 Å². The van der Waals surface area contributed by atoms with Gasteiger partial charge in [0.2, 0.25) is 0 Å². The molecule has 1 atom stereocenters. The van der Waals surface area contributed by atoms with Crippen molar-refractivity contribution in [2.45, 2.75) is 25.6 Å². The Morgan fingerprint density at radius 3 is 2.27 bits per heavy atom. The van der Waals surface area contributed by atoms with Crippen molar-refractivity contribution in [3.63, 3.8) is 0 Å². The lowest BCUT2D eigenvalue weighted by Crippen LogP contribution is -2.46. The summed E-state index contributed by atoms with van der Waals surface area (Å²) in [5.41, 5.74) is 0.840. The van der Waals surface area contributed by atoms with E-state index in [1.807, 2.05) is 0 Å². The highest BCUT2D eigenvalue weighted by Crippen LogP contribution is 2.35. The Labute approximate surface area is 140 Å². The van der Waals surface area contributed by atoms with Gasteiger partial charge in [0, 0.05) is 37.8 Å². The summed E-state index contributed by atoms with van der Waals surface area (Å²) in [4.78, 5) is 1.71. The van der Waals surface area contributed by atoms with Crippen molar-refractivity contribution in [1.82, 2.24) is 10.2 Å². The van der Waals surface area contributed by atoms with E-state index in [2.05, 4.69) is 5.32 Å². The summed E-state index contributed by atoms with van der Waals surface area (Å²) in [7, 11) is 0. The summed E-state index contributed by atoms with van der Waals surface area (Å²) in [6, 6.07) is 3.48. The van der Waals surface area contributed by atoms with Gasteiger partial charge in [0.15, 0.2) is 0 Å². The van der Waals surface area contributed by atoms with E-state index < -0.39 is 24.5 Å². The molecule has 1 aromatic carbocycles. The standard InChI is InChI=1S/C14H18F4N2.2ClH/c1-10-2-3-11(12(15)8-10)13(9-14(16,17)18)20-6-4-19-5-7-20;;/h2-3,8,13,19H,4-7,9H2,1H3;2*1H/t13-;;/m0../s1. The summed E-state index contributed by atoms with van der Waals surface area (Å²) in [5.74, 6) is -0.558. The second-order valence-electron chi connectivity index (χ2n) is 5.15. The van der Waals surface area contributed by atoms with Gasteiger partial charge in [-0.1, -0.05) is 12.1 Å². The SMILES string of the molecule is Cc1ccc([C@H](CC(F)(F)F)N2CCNCC2)c(F)c1.Cl.Cl. The van der Waals surface area contributed by atoms with Crippen molar-refractivity contribution in [3.05, 3.63) is 35.1 Å². The zero-order valence-corrected chi connectivity index (χ0v) is 13.8. The Hall–Kier alpha value is -0.560. The molecule has 8 heteroatoms. The zero-order chi connectivity index (χ0) is 14.8. The number of hydrogen-bond donors (Lipinski definition) is 1. The molecule has 1 aliphatic heterocycles. The van der Waals surface area contributed by atoms with Crippen LogP contribution in [-0.4, -0.2) is 37.3 Å². The predicted molar refractivity (Wildman–Crippen MR) is 83.5 cm³/mol. The molecule has 1 aromatic rings. The van der Waals surface area contributed by atoms with Crippen LogP contribution < -0.4 is 5.32 Å². The summed E-state index contributed by atoms with van der Waals surface area (Å²) in [6.07, 6.45) is -5.33. The maximum Gasteiger partial charge on any atom is 0.390 e. The number of benzene rings is 1. The Kier molecular flexibility index (Phi) is 8.69. The first-order chi connectivity index (χ1) is 9.37. The first-order valence-electron chi connectivity index (χ1n) is 6.64. The third kappa shape index (κ3) is 5.91. The largest absolute Gasteiger partial charge is 0.390 e. The fourth-order valence-electron chi connectivity index (χ4n) is 2.55. The minimum Gasteiger partial charge on any atom is -0.314 e. The summed E-state index contributed by atoms with van der Waals surface area (Å²) in [6.45, 7) is 3.96. The normalized spacial score (nSPS) is 17.3. The lowest BCUT2D eigenvalue weighted by atomic mass is 9.99. The predicted octanol–water partition coefficient (Wildman–Crippen LogP) is 3.88. The molecule has 1 aliphatic rings. The van der Waals surface area contributed by atoms with Crippen molar-refractivity contribution in [1.29, 1.82) is 0 Å². The summed E-state index contributed by atoms with van der Waals surface area (Å²) < 4.78 is 52.4. The van der Waals surface area contributed by atoms with Crippen LogP contribution in [0.15, 0.2) is 18.2 Å². The Bertz CT molecular complexity index is 463. The molecule has 0 spiro atoms. The van der Waals surface area contributed by atoms with Gasteiger partial charge < -0.3 is 5.32 Å². The average molecular weight is 363 g/mol. The first-order valence-corrected chi connectivity index (χ1v) is 6.64. The minimum absolute atomic E-state index is 0. The van der Waals surface area contributed by atoms with Gasteiger partial charge in [0.25, 0.3) is 0 Å². The van der Waals surface area contributed by atoms with E-state index in [-0.39, 0.29) is 30.4 Å². The number of nitrogens with zero attached hydrogens (tertiary/aromatic N) is 1. The van der Waals surface area contributed by atoms with Gasteiger partial charge in [-0.3, -0.25) is 4.90 Å². The molecule has 1 fully saturated rings. The van der Waals surface area contributed by atoms with E-state index in [9.17, 15) is 17.6 Å². The van der Waals surface area contributed by atoms with Gasteiger partial charge in [0.1, 0.15) is 5.82 Å². The quantitative estimate of drug-likeness (QED) is 0.821. The molecule has 1 N–H and O–H groups in total. The number of alkyl halides is 3. The summed E-state index contributed by atoms with van der Waals surface area (Å²) >= 11 is 0. The van der Waals surface area contributed by atoms with Crippen LogP contribution in [0.3, 0.4) is 0 Å². The number of hydrogen-bond acceptors (Lipinski definition) is 2. The van der Waals surface area contributed by atoms with Crippen molar-refractivity contribution in [3.8, 4) is 0 Å². The third-order valence-electron chi connectivity index (χ3n) is 3.53. The molecule has 0 amide bonds. The van der Waals surface area contributed by atoms with Crippen molar-refractivity contribution in [2.75, 3.05) is 26.2 Å². The molecule has 0 unspecified atom stereocenters. The van der Waals surface area contributed by atoms with Crippen LogP contribution in [-0.2, 0) is 0 Å². The molecule has 0 saturated carbocycles. The molecule has 0 aromatic heterocycles. The van der Waals surface area contributed by atoms with Crippen molar-refractivity contribution in [2.24, 2.45) is 0 Å². The molecule has 0 radical (unpaired) electrons. The first kappa shape index (κ1) is 21.4. The number of piperazine rings is 1. The van der Waals surface area contributed by atoms with E-state index in [1.165, 1.54) is 12.1 Å². The maximum atomic E-state index is 14.0. The average Bonchev–Trinajstić information content (AvgIpc) is 2.36. The molecular weight excluding hydrogens is 343 g/mol. The lowest BCUT2D eigenvalue weighted by Gasteiger charge is -2.35. The molecule has 22 heavy (non-hydrogen) atoms.